The largest absolute Gasteiger partial charge is 0.323 e. The van der Waals surface area contributed by atoms with E-state index in [1.54, 1.807) is 24.3 Å². The second kappa shape index (κ2) is 8.08. The third-order valence-electron chi connectivity index (χ3n) is 3.02. The number of carbonyl (C=O) groups excluding carboxylic acids is 1. The van der Waals surface area contributed by atoms with Crippen LogP contribution >= 0.6 is 11.8 Å². The van der Waals surface area contributed by atoms with Crippen molar-refractivity contribution in [3.63, 3.8) is 0 Å². The third kappa shape index (κ3) is 4.79. The lowest BCUT2D eigenvalue weighted by Gasteiger charge is -2.06. The first-order valence-corrected chi connectivity index (χ1v) is 7.95. The Morgan fingerprint density at radius 3 is 2.62 bits per heavy atom. The maximum atomic E-state index is 13.6. The normalized spacial score (nSPS) is 10.0. The number of carbonyl (C=O) groups is 1. The maximum Gasteiger partial charge on any atom is 0.271 e. The molecule has 6 nitrogen and oxygen atoms in total. The number of amides is 1. The molecule has 0 heterocycles. The highest BCUT2D eigenvalue weighted by atomic mass is 32.2. The number of nitrogens with zero attached hydrogens (tertiary/aromatic N) is 2. The Labute approximate surface area is 141 Å². The van der Waals surface area contributed by atoms with E-state index in [-0.39, 0.29) is 17.1 Å². The highest BCUT2D eigenvalue weighted by Gasteiger charge is 2.13. The number of nitro groups is 1. The molecule has 2 aromatic carbocycles. The molecule has 0 radical (unpaired) electrons. The number of halogens is 1. The molecule has 0 atom stereocenters. The van der Waals surface area contributed by atoms with Crippen molar-refractivity contribution >= 4 is 29.0 Å². The maximum absolute atomic E-state index is 13.6. The summed E-state index contributed by atoms with van der Waals surface area (Å²) in [5, 5.41) is 21.7. The van der Waals surface area contributed by atoms with Crippen LogP contribution in [0.1, 0.15) is 11.1 Å². The van der Waals surface area contributed by atoms with E-state index in [2.05, 4.69) is 5.32 Å². The zero-order valence-corrected chi connectivity index (χ0v) is 13.2. The van der Waals surface area contributed by atoms with Gasteiger partial charge in [0.1, 0.15) is 5.82 Å². The molecule has 0 spiro atoms. The summed E-state index contributed by atoms with van der Waals surface area (Å²) in [6.45, 7) is 0. The quantitative estimate of drug-likeness (QED) is 0.639. The monoisotopic (exact) mass is 345 g/mol. The Kier molecular flexibility index (Phi) is 5.87. The van der Waals surface area contributed by atoms with Crippen LogP contribution in [0.15, 0.2) is 42.5 Å². The highest BCUT2D eigenvalue weighted by molar-refractivity contribution is 7.99. The summed E-state index contributed by atoms with van der Waals surface area (Å²) in [7, 11) is 0. The molecule has 2 aromatic rings. The van der Waals surface area contributed by atoms with Gasteiger partial charge in [-0.1, -0.05) is 12.1 Å². The lowest BCUT2D eigenvalue weighted by atomic mass is 10.2. The Balaban J connectivity index is 1.88. The predicted molar refractivity (Wildman–Crippen MR) is 89.0 cm³/mol. The van der Waals surface area contributed by atoms with Crippen molar-refractivity contribution in [2.75, 3.05) is 11.1 Å². The summed E-state index contributed by atoms with van der Waals surface area (Å²) in [6, 6.07) is 11.9. The van der Waals surface area contributed by atoms with Gasteiger partial charge in [-0.25, -0.2) is 4.39 Å². The molecular weight excluding hydrogens is 333 g/mol. The average Bonchev–Trinajstić information content (AvgIpc) is 2.57. The molecule has 1 amide bonds. The number of nitrogens with one attached hydrogen (secondary N) is 1. The van der Waals surface area contributed by atoms with E-state index in [9.17, 15) is 19.3 Å². The summed E-state index contributed by atoms with van der Waals surface area (Å²) >= 11 is 1.31. The second-order valence-corrected chi connectivity index (χ2v) is 5.76. The lowest BCUT2D eigenvalue weighted by Crippen LogP contribution is -2.15. The first-order chi connectivity index (χ1) is 11.5. The second-order valence-electron chi connectivity index (χ2n) is 4.77. The molecule has 0 aliphatic rings. The van der Waals surface area contributed by atoms with Crippen LogP contribution in [-0.4, -0.2) is 16.6 Å². The van der Waals surface area contributed by atoms with Crippen molar-refractivity contribution in [3.8, 4) is 6.07 Å². The van der Waals surface area contributed by atoms with Crippen molar-refractivity contribution in [1.29, 1.82) is 5.26 Å². The van der Waals surface area contributed by atoms with E-state index in [0.717, 1.165) is 23.8 Å². The van der Waals surface area contributed by atoms with Gasteiger partial charge in [-0.15, -0.1) is 11.8 Å². The number of hydrogen-bond acceptors (Lipinski definition) is 5. The smallest absolute Gasteiger partial charge is 0.271 e. The van der Waals surface area contributed by atoms with Crippen LogP contribution in [-0.2, 0) is 10.5 Å². The fourth-order valence-electron chi connectivity index (χ4n) is 1.85. The standard InChI is InChI=1S/C16H12FN3O3S/c17-14-6-5-13(20(22)23)7-15(14)19-16(21)10-24-9-12-3-1-11(8-18)2-4-12/h1-7H,9-10H2,(H,19,21). The zero-order chi connectivity index (χ0) is 17.5. The van der Waals surface area contributed by atoms with E-state index in [0.29, 0.717) is 11.3 Å². The van der Waals surface area contributed by atoms with Crippen molar-refractivity contribution in [2.24, 2.45) is 0 Å². The van der Waals surface area contributed by atoms with Gasteiger partial charge in [-0.05, 0) is 23.8 Å². The Hall–Kier alpha value is -2.92. The third-order valence-corrected chi connectivity index (χ3v) is 4.02. The number of nitriles is 1. The van der Waals surface area contributed by atoms with Crippen LogP contribution in [0.25, 0.3) is 0 Å². The van der Waals surface area contributed by atoms with Crippen molar-refractivity contribution in [2.45, 2.75) is 5.75 Å². The molecule has 24 heavy (non-hydrogen) atoms. The van der Waals surface area contributed by atoms with Gasteiger partial charge in [0.05, 0.1) is 28.0 Å². The summed E-state index contributed by atoms with van der Waals surface area (Å²) in [4.78, 5) is 21.8. The van der Waals surface area contributed by atoms with E-state index in [4.69, 9.17) is 5.26 Å². The molecule has 0 bridgehead atoms. The Morgan fingerprint density at radius 1 is 1.29 bits per heavy atom. The van der Waals surface area contributed by atoms with Gasteiger partial charge in [0.15, 0.2) is 0 Å². The van der Waals surface area contributed by atoms with Crippen LogP contribution in [0.3, 0.4) is 0 Å². The van der Waals surface area contributed by atoms with Crippen molar-refractivity contribution in [1.82, 2.24) is 0 Å². The number of benzene rings is 2. The molecule has 122 valence electrons. The molecule has 8 heteroatoms. The molecular formula is C16H12FN3O3S. The topological polar surface area (TPSA) is 96.0 Å². The summed E-state index contributed by atoms with van der Waals surface area (Å²) in [5.74, 6) is -0.558. The van der Waals surface area contributed by atoms with Crippen LogP contribution in [0.5, 0.6) is 0 Å². The number of rotatable bonds is 6. The van der Waals surface area contributed by atoms with E-state index >= 15 is 0 Å². The minimum Gasteiger partial charge on any atom is -0.323 e. The molecule has 2 rings (SSSR count). The van der Waals surface area contributed by atoms with Crippen molar-refractivity contribution in [3.05, 3.63) is 69.5 Å². The average molecular weight is 345 g/mol. The van der Waals surface area contributed by atoms with Gasteiger partial charge < -0.3 is 5.32 Å². The zero-order valence-electron chi connectivity index (χ0n) is 12.4. The minimum absolute atomic E-state index is 0.0716. The SMILES string of the molecule is N#Cc1ccc(CSCC(=O)Nc2cc([N+](=O)[O-])ccc2F)cc1. The van der Waals surface area contributed by atoms with Crippen LogP contribution in [0.2, 0.25) is 0 Å². The minimum atomic E-state index is -0.731. The number of hydrogen-bond donors (Lipinski definition) is 1. The number of thioether (sulfide) groups is 1. The van der Waals surface area contributed by atoms with E-state index < -0.39 is 16.6 Å². The number of non-ortho nitro benzene ring substituents is 1. The Morgan fingerprint density at radius 2 is 2.00 bits per heavy atom. The summed E-state index contributed by atoms with van der Waals surface area (Å²) in [6.07, 6.45) is 0. The van der Waals surface area contributed by atoms with Crippen molar-refractivity contribution < 1.29 is 14.1 Å². The van der Waals surface area contributed by atoms with Crippen LogP contribution in [0.4, 0.5) is 15.8 Å². The number of anilines is 1. The fourth-order valence-corrected chi connectivity index (χ4v) is 2.63. The molecule has 0 saturated carbocycles. The summed E-state index contributed by atoms with van der Waals surface area (Å²) < 4.78 is 13.6. The predicted octanol–water partition coefficient (Wildman–Crippen LogP) is 3.48. The van der Waals surface area contributed by atoms with Gasteiger partial charge >= 0.3 is 0 Å². The first-order valence-electron chi connectivity index (χ1n) is 6.80. The first kappa shape index (κ1) is 17.4. The van der Waals surface area contributed by atoms with Crippen LogP contribution in [0, 0.1) is 27.3 Å². The van der Waals surface area contributed by atoms with Gasteiger partial charge in [0, 0.05) is 17.9 Å². The highest BCUT2D eigenvalue weighted by Crippen LogP contribution is 2.21. The fraction of sp³-hybridized carbons (Fsp3) is 0.125. The molecule has 0 fully saturated rings. The molecule has 1 N–H and O–H groups in total. The summed E-state index contributed by atoms with van der Waals surface area (Å²) in [5.41, 5.74) is 1.00. The van der Waals surface area contributed by atoms with Gasteiger partial charge in [0.2, 0.25) is 5.91 Å². The van der Waals surface area contributed by atoms with Crippen LogP contribution < -0.4 is 5.32 Å². The molecule has 0 aliphatic heterocycles. The van der Waals surface area contributed by atoms with Gasteiger partial charge in [-0.3, -0.25) is 14.9 Å². The van der Waals surface area contributed by atoms with Gasteiger partial charge in [-0.2, -0.15) is 5.26 Å². The molecule has 0 aromatic heterocycles. The van der Waals surface area contributed by atoms with E-state index in [1.165, 1.54) is 11.8 Å². The number of nitro benzene ring substituents is 1. The molecule has 0 unspecified atom stereocenters. The molecule has 0 aliphatic carbocycles. The lowest BCUT2D eigenvalue weighted by molar-refractivity contribution is -0.384. The Bertz CT molecular complexity index is 803. The van der Waals surface area contributed by atoms with Gasteiger partial charge in [0.25, 0.3) is 5.69 Å². The van der Waals surface area contributed by atoms with E-state index in [1.807, 2.05) is 6.07 Å². The molecule has 0 saturated heterocycles.